The van der Waals surface area contributed by atoms with Gasteiger partial charge in [-0.15, -0.1) is 0 Å². The molecule has 1 heterocycles. The molecule has 0 saturated carbocycles. The number of benzene rings is 2. The zero-order chi connectivity index (χ0) is 19.6. The maximum absolute atomic E-state index is 12.3. The molecule has 1 aromatic heterocycles. The zero-order valence-electron chi connectivity index (χ0n) is 13.9. The van der Waals surface area contributed by atoms with E-state index in [0.717, 1.165) is 10.0 Å². The number of aromatic amines is 1. The van der Waals surface area contributed by atoms with E-state index in [1.807, 2.05) is 24.3 Å². The molecule has 3 N–H and O–H groups in total. The van der Waals surface area contributed by atoms with Gasteiger partial charge in [0.15, 0.2) is 0 Å². The Morgan fingerprint density at radius 2 is 1.89 bits per heavy atom. The van der Waals surface area contributed by atoms with E-state index in [1.165, 1.54) is 6.07 Å². The van der Waals surface area contributed by atoms with Gasteiger partial charge in [-0.1, -0.05) is 45.7 Å². The molecule has 1 amide bonds. The molecule has 0 spiro atoms. The maximum atomic E-state index is 12.3. The quantitative estimate of drug-likeness (QED) is 0.555. The number of aromatic nitrogens is 1. The summed E-state index contributed by atoms with van der Waals surface area (Å²) in [4.78, 5) is 37.9. The number of carbonyl (C=O) groups excluding carboxylic acids is 1. The highest BCUT2D eigenvalue weighted by atomic mass is 79.9. The topological polar surface area (TPSA) is 99.3 Å². The Kier molecular flexibility index (Phi) is 5.62. The fraction of sp³-hybridized carbons (Fsp3) is 0.105. The van der Waals surface area contributed by atoms with Crippen molar-refractivity contribution in [1.29, 1.82) is 0 Å². The van der Waals surface area contributed by atoms with Gasteiger partial charge >= 0.3 is 5.97 Å². The molecule has 0 aliphatic heterocycles. The lowest BCUT2D eigenvalue weighted by atomic mass is 10.1. The average molecular weight is 450 g/mol. The Bertz CT molecular complexity index is 1110. The second kappa shape index (κ2) is 7.94. The van der Waals surface area contributed by atoms with Crippen molar-refractivity contribution in [1.82, 2.24) is 10.3 Å². The van der Waals surface area contributed by atoms with Gasteiger partial charge in [0, 0.05) is 21.4 Å². The molecular weight excluding hydrogens is 436 g/mol. The normalized spacial score (nSPS) is 10.7. The highest BCUT2D eigenvalue weighted by molar-refractivity contribution is 9.10. The van der Waals surface area contributed by atoms with Gasteiger partial charge in [-0.2, -0.15) is 0 Å². The SMILES string of the molecule is O=C(Cc1ccccc1Br)NCc1cc(Cl)cc2cc(C(=O)O)c(=O)[nH]c12. The van der Waals surface area contributed by atoms with E-state index in [0.29, 0.717) is 21.5 Å². The van der Waals surface area contributed by atoms with Gasteiger partial charge in [0.2, 0.25) is 5.91 Å². The van der Waals surface area contributed by atoms with Crippen LogP contribution in [0.5, 0.6) is 0 Å². The molecular formula is C19H14BrClN2O4. The van der Waals surface area contributed by atoms with Crippen molar-refractivity contribution in [3.8, 4) is 0 Å². The van der Waals surface area contributed by atoms with Crippen LogP contribution in [-0.2, 0) is 17.8 Å². The predicted octanol–water partition coefficient (Wildman–Crippen LogP) is 3.50. The molecule has 0 aliphatic rings. The smallest absolute Gasteiger partial charge is 0.341 e. The van der Waals surface area contributed by atoms with Crippen molar-refractivity contribution in [2.45, 2.75) is 13.0 Å². The van der Waals surface area contributed by atoms with Gasteiger partial charge in [0.05, 0.1) is 11.9 Å². The van der Waals surface area contributed by atoms with E-state index >= 15 is 0 Å². The number of H-pyrrole nitrogens is 1. The monoisotopic (exact) mass is 448 g/mol. The molecule has 0 aliphatic carbocycles. The number of hydrogen-bond donors (Lipinski definition) is 3. The van der Waals surface area contributed by atoms with Crippen molar-refractivity contribution < 1.29 is 14.7 Å². The van der Waals surface area contributed by atoms with Gasteiger partial charge in [-0.05, 0) is 35.4 Å². The molecule has 0 saturated heterocycles. The van der Waals surface area contributed by atoms with Gasteiger partial charge in [-0.3, -0.25) is 9.59 Å². The van der Waals surface area contributed by atoms with E-state index in [2.05, 4.69) is 26.2 Å². The molecule has 3 rings (SSSR count). The second-order valence-electron chi connectivity index (χ2n) is 5.89. The Morgan fingerprint density at radius 3 is 2.59 bits per heavy atom. The lowest BCUT2D eigenvalue weighted by Gasteiger charge is -2.10. The number of rotatable bonds is 5. The minimum Gasteiger partial charge on any atom is -0.477 e. The number of carboxylic acid groups (broad SMARTS) is 1. The number of aromatic carboxylic acids is 1. The number of hydrogen-bond acceptors (Lipinski definition) is 3. The zero-order valence-corrected chi connectivity index (χ0v) is 16.2. The summed E-state index contributed by atoms with van der Waals surface area (Å²) in [6.45, 7) is 0.142. The highest BCUT2D eigenvalue weighted by Crippen LogP contribution is 2.22. The first kappa shape index (κ1) is 19.1. The molecule has 0 fully saturated rings. The van der Waals surface area contributed by atoms with E-state index in [4.69, 9.17) is 16.7 Å². The third kappa shape index (κ3) is 4.37. The molecule has 0 unspecified atom stereocenters. The third-order valence-corrected chi connectivity index (χ3v) is 5.01. The average Bonchev–Trinajstić information content (AvgIpc) is 2.61. The molecule has 6 nitrogen and oxygen atoms in total. The lowest BCUT2D eigenvalue weighted by molar-refractivity contribution is -0.120. The van der Waals surface area contributed by atoms with Crippen LogP contribution in [0.25, 0.3) is 10.9 Å². The number of carbonyl (C=O) groups is 2. The predicted molar refractivity (Wildman–Crippen MR) is 106 cm³/mol. The van der Waals surface area contributed by atoms with Crippen LogP contribution in [0.3, 0.4) is 0 Å². The van der Waals surface area contributed by atoms with Crippen LogP contribution < -0.4 is 10.9 Å². The summed E-state index contributed by atoms with van der Waals surface area (Å²) >= 11 is 9.51. The number of halogens is 2. The summed E-state index contributed by atoms with van der Waals surface area (Å²) in [5, 5.41) is 12.7. The van der Waals surface area contributed by atoms with Crippen LogP contribution in [0.1, 0.15) is 21.5 Å². The minimum absolute atomic E-state index is 0.142. The summed E-state index contributed by atoms with van der Waals surface area (Å²) in [5.74, 6) is -1.51. The van der Waals surface area contributed by atoms with Crippen LogP contribution >= 0.6 is 27.5 Å². The van der Waals surface area contributed by atoms with Crippen LogP contribution in [-0.4, -0.2) is 22.0 Å². The Morgan fingerprint density at radius 1 is 1.15 bits per heavy atom. The fourth-order valence-electron chi connectivity index (χ4n) is 2.72. The van der Waals surface area contributed by atoms with Gasteiger partial charge in [0.25, 0.3) is 5.56 Å². The molecule has 2 aromatic carbocycles. The van der Waals surface area contributed by atoms with Crippen molar-refractivity contribution in [2.24, 2.45) is 0 Å². The van der Waals surface area contributed by atoms with Gasteiger partial charge in [-0.25, -0.2) is 4.79 Å². The molecule has 138 valence electrons. The van der Waals surface area contributed by atoms with Crippen molar-refractivity contribution in [3.05, 3.63) is 79.0 Å². The van der Waals surface area contributed by atoms with Crippen molar-refractivity contribution in [3.63, 3.8) is 0 Å². The van der Waals surface area contributed by atoms with Crippen LogP contribution in [0.15, 0.2) is 51.7 Å². The number of carboxylic acids is 1. The van der Waals surface area contributed by atoms with Crippen LogP contribution in [0.2, 0.25) is 5.02 Å². The molecule has 3 aromatic rings. The van der Waals surface area contributed by atoms with E-state index in [1.54, 1.807) is 12.1 Å². The summed E-state index contributed by atoms with van der Waals surface area (Å²) in [6.07, 6.45) is 0.194. The summed E-state index contributed by atoms with van der Waals surface area (Å²) in [5.41, 5.74) is 0.805. The first-order valence-electron chi connectivity index (χ1n) is 7.94. The minimum atomic E-state index is -1.32. The molecule has 8 heteroatoms. The third-order valence-electron chi connectivity index (χ3n) is 4.01. The van der Waals surface area contributed by atoms with Crippen LogP contribution in [0, 0.1) is 0 Å². The molecule has 0 atom stereocenters. The first-order chi connectivity index (χ1) is 12.8. The number of nitrogens with one attached hydrogen (secondary N) is 2. The Labute approximate surface area is 167 Å². The highest BCUT2D eigenvalue weighted by Gasteiger charge is 2.14. The van der Waals surface area contributed by atoms with E-state index in [9.17, 15) is 14.4 Å². The molecule has 0 bridgehead atoms. The van der Waals surface area contributed by atoms with Gasteiger partial charge < -0.3 is 15.4 Å². The van der Waals surface area contributed by atoms with Gasteiger partial charge in [0.1, 0.15) is 5.56 Å². The Hall–Kier alpha value is -2.64. The fourth-order valence-corrected chi connectivity index (χ4v) is 3.40. The second-order valence-corrected chi connectivity index (χ2v) is 7.18. The number of pyridine rings is 1. The Balaban J connectivity index is 1.85. The molecule has 0 radical (unpaired) electrons. The van der Waals surface area contributed by atoms with Crippen molar-refractivity contribution >= 4 is 50.3 Å². The van der Waals surface area contributed by atoms with Crippen molar-refractivity contribution in [2.75, 3.05) is 0 Å². The standard InChI is InChI=1S/C19H14BrClN2O4/c20-15-4-2-1-3-10(15)8-16(24)22-9-12-6-13(21)5-11-7-14(19(26)27)18(25)23-17(11)12/h1-7H,8-9H2,(H,22,24)(H,23,25)(H,26,27). The van der Waals surface area contributed by atoms with E-state index in [-0.39, 0.29) is 24.4 Å². The summed E-state index contributed by atoms with van der Waals surface area (Å²) < 4.78 is 0.846. The summed E-state index contributed by atoms with van der Waals surface area (Å²) in [6, 6.07) is 11.9. The largest absolute Gasteiger partial charge is 0.477 e. The van der Waals surface area contributed by atoms with E-state index < -0.39 is 11.5 Å². The number of amides is 1. The number of fused-ring (bicyclic) bond motifs is 1. The molecule has 27 heavy (non-hydrogen) atoms. The first-order valence-corrected chi connectivity index (χ1v) is 9.11. The summed E-state index contributed by atoms with van der Waals surface area (Å²) in [7, 11) is 0. The van der Waals surface area contributed by atoms with Crippen LogP contribution in [0.4, 0.5) is 0 Å². The maximum Gasteiger partial charge on any atom is 0.341 e. The lowest BCUT2D eigenvalue weighted by Crippen LogP contribution is -2.25.